The van der Waals surface area contributed by atoms with Gasteiger partial charge in [0.25, 0.3) is 5.58 Å². The number of rotatable bonds is 2. The highest BCUT2D eigenvalue weighted by Gasteiger charge is 2.36. The molecule has 0 amide bonds. The summed E-state index contributed by atoms with van der Waals surface area (Å²) in [6, 6.07) is 28.5. The molecule has 0 atom stereocenters. The van der Waals surface area contributed by atoms with Crippen LogP contribution in [0.5, 0.6) is 63.2 Å². The quantitative estimate of drug-likeness (QED) is 0.0341. The number of hydrogen-bond donors (Lipinski definition) is 11. The van der Waals surface area contributed by atoms with Crippen LogP contribution in [0, 0.1) is 0 Å². The van der Waals surface area contributed by atoms with E-state index < -0.39 is 124 Å². The Hall–Kier alpha value is -9.12. The molecule has 0 saturated heterocycles. The maximum Gasteiger partial charge on any atom is 0.252 e. The smallest absolute Gasteiger partial charge is 0.252 e. The molecule has 0 saturated carbocycles. The minimum absolute atomic E-state index is 0.392. The van der Waals surface area contributed by atoms with Crippen LogP contribution in [-0.2, 0) is 0 Å². The second kappa shape index (κ2) is 11.8. The summed E-state index contributed by atoms with van der Waals surface area (Å²) in [6.07, 6.45) is 0. The van der Waals surface area contributed by atoms with E-state index in [0.29, 0.717) is 21.8 Å². The zero-order chi connectivity index (χ0) is 43.7. The predicted molar refractivity (Wildman–Crippen MR) is 233 cm³/mol. The van der Waals surface area contributed by atoms with Crippen molar-refractivity contribution in [2.45, 2.75) is 0 Å². The van der Waals surface area contributed by atoms with Gasteiger partial charge in [0.1, 0.15) is 30.1 Å². The maximum absolute atomic E-state index is 12.9. The highest BCUT2D eigenvalue weighted by atomic mass is 17.0. The largest absolute Gasteiger partial charge is 0.505 e. The number of aromatic hydroxyl groups is 11. The van der Waals surface area contributed by atoms with Crippen LogP contribution < -0.4 is 5.46 Å². The van der Waals surface area contributed by atoms with Gasteiger partial charge in [-0.15, -0.1) is 0 Å². The average molecular weight is 840 g/mol. The van der Waals surface area contributed by atoms with Crippen LogP contribution in [0.4, 0.5) is 0 Å². The van der Waals surface area contributed by atoms with E-state index in [4.69, 9.17) is 17.0 Å². The van der Waals surface area contributed by atoms with Gasteiger partial charge in [0.05, 0.1) is 27.5 Å². The monoisotopic (exact) mass is 839 g/mol. The summed E-state index contributed by atoms with van der Waals surface area (Å²) in [6.45, 7) is 0. The van der Waals surface area contributed by atoms with Crippen LogP contribution in [0.3, 0.4) is 0 Å². The third kappa shape index (κ3) is 4.09. The fourth-order valence-corrected chi connectivity index (χ4v) is 9.53. The van der Waals surface area contributed by atoms with Crippen molar-refractivity contribution in [1.82, 2.24) is 13.5 Å². The Morgan fingerprint density at radius 3 is 1.65 bits per heavy atom. The Labute approximate surface area is 349 Å². The standard InChI is InChI=1S/C46H26BN3O13/c47-28-26-25(35(52)41(58)37(28)54)24-27-30(50-31(24)45(36(26)53)62-63-46-33(50)40(57)42(59)43(60)44(46)61)38(55)39(56)32(34(27)51)49-21-13-7-5-11-19(21)23-22(49)15-14-18-17-10-4-6-12-20(17)48(29(18)23)16-8-2-1-3-9-16/h1-15,51-61H. The molecule has 11 N–H and O–H groups in total. The van der Waals surface area contributed by atoms with E-state index in [-0.39, 0.29) is 0 Å². The third-order valence-electron chi connectivity index (χ3n) is 12.1. The average Bonchev–Trinajstić information content (AvgIpc) is 3.89. The number of phenolic OH excluding ortho intramolecular Hbond substituents is 11. The van der Waals surface area contributed by atoms with Crippen molar-refractivity contribution < 1.29 is 65.3 Å². The summed E-state index contributed by atoms with van der Waals surface area (Å²) in [5, 5.41) is 128. The lowest BCUT2D eigenvalue weighted by Gasteiger charge is -2.16. The molecule has 0 aliphatic heterocycles. The van der Waals surface area contributed by atoms with E-state index in [0.717, 1.165) is 31.9 Å². The fraction of sp³-hybridized carbons (Fsp3) is 0. The van der Waals surface area contributed by atoms with Gasteiger partial charge in [-0.3, -0.25) is 13.6 Å². The number of nitrogens with zero attached hydrogens (tertiary/aromatic N) is 3. The molecule has 2 radical (unpaired) electrons. The Balaban J connectivity index is 1.36. The van der Waals surface area contributed by atoms with Crippen molar-refractivity contribution in [3.63, 3.8) is 0 Å². The maximum atomic E-state index is 12.9. The van der Waals surface area contributed by atoms with E-state index in [9.17, 15) is 56.2 Å². The first-order chi connectivity index (χ1) is 30.3. The molecule has 0 aliphatic rings. The number of aromatic nitrogens is 3. The predicted octanol–water partition coefficient (Wildman–Crippen LogP) is 8.05. The Morgan fingerprint density at radius 1 is 0.349 bits per heavy atom. The van der Waals surface area contributed by atoms with Gasteiger partial charge in [-0.1, -0.05) is 60.7 Å². The Kier molecular flexibility index (Phi) is 6.70. The van der Waals surface area contributed by atoms with E-state index in [2.05, 4.69) is 4.57 Å². The first-order valence-electron chi connectivity index (χ1n) is 19.1. The molecular weight excluding hydrogens is 813 g/mol. The van der Waals surface area contributed by atoms with Gasteiger partial charge in [-0.2, -0.15) is 0 Å². The SMILES string of the molecule is [B]c1c(O)c(O)c(O)c2c1c(O)c1ooc3c(O)c(O)c(O)c(O)c3n3c4c(O)c(O)c(-n5c6ccccc6c6c5ccc5c7ccccc7n(-c7ccccc7)c56)c(O)c4c2c13. The van der Waals surface area contributed by atoms with Crippen molar-refractivity contribution in [2.24, 2.45) is 0 Å². The molecule has 16 nitrogen and oxygen atoms in total. The summed E-state index contributed by atoms with van der Waals surface area (Å²) in [5.41, 5.74) is -1.13. The first-order valence-corrected chi connectivity index (χ1v) is 19.1. The second-order valence-corrected chi connectivity index (χ2v) is 15.2. The Bertz CT molecular complexity index is 4120. The van der Waals surface area contributed by atoms with Crippen LogP contribution in [0.1, 0.15) is 0 Å². The van der Waals surface area contributed by atoms with Crippen molar-refractivity contribution in [1.29, 1.82) is 0 Å². The number of para-hydroxylation sites is 3. The molecule has 306 valence electrons. The van der Waals surface area contributed by atoms with Crippen molar-refractivity contribution in [3.8, 4) is 74.6 Å². The summed E-state index contributed by atoms with van der Waals surface area (Å²) in [4.78, 5) is 0. The second-order valence-electron chi connectivity index (χ2n) is 15.2. The number of benzene rings is 8. The van der Waals surface area contributed by atoms with Crippen molar-refractivity contribution in [2.75, 3.05) is 0 Å². The summed E-state index contributed by atoms with van der Waals surface area (Å²) >= 11 is 0. The molecule has 17 heteroatoms. The summed E-state index contributed by atoms with van der Waals surface area (Å²) < 4.78 is 15.3. The van der Waals surface area contributed by atoms with E-state index in [1.165, 1.54) is 4.57 Å². The molecule has 0 aliphatic carbocycles. The minimum Gasteiger partial charge on any atom is -0.505 e. The van der Waals surface area contributed by atoms with Gasteiger partial charge in [0, 0.05) is 43.4 Å². The molecule has 0 unspecified atom stereocenters. The summed E-state index contributed by atoms with van der Waals surface area (Å²) in [5.74, 6) is -11.9. The number of phenols is 11. The van der Waals surface area contributed by atoms with Gasteiger partial charge in [-0.25, -0.2) is 0 Å². The van der Waals surface area contributed by atoms with Gasteiger partial charge < -0.3 is 65.3 Å². The lowest BCUT2D eigenvalue weighted by Crippen LogP contribution is -2.06. The minimum atomic E-state index is -1.28. The van der Waals surface area contributed by atoms with Crippen molar-refractivity contribution >= 4 is 106 Å². The highest BCUT2D eigenvalue weighted by Crippen LogP contribution is 2.59. The Morgan fingerprint density at radius 2 is 0.937 bits per heavy atom. The molecule has 0 bridgehead atoms. The molecule has 4 aromatic heterocycles. The van der Waals surface area contributed by atoms with Crippen LogP contribution >= 0.6 is 0 Å². The highest BCUT2D eigenvalue weighted by molar-refractivity contribution is 6.46. The molecule has 12 rings (SSSR count). The van der Waals surface area contributed by atoms with Gasteiger partial charge >= 0.3 is 0 Å². The topological polar surface area (TPSA) is 263 Å². The normalized spacial score (nSPS) is 12.3. The van der Waals surface area contributed by atoms with Crippen molar-refractivity contribution in [3.05, 3.63) is 91.0 Å². The lowest BCUT2D eigenvalue weighted by molar-refractivity contribution is 0.0876. The van der Waals surface area contributed by atoms with E-state index in [1.807, 2.05) is 72.8 Å². The molecule has 63 heavy (non-hydrogen) atoms. The number of fused-ring (bicyclic) bond motifs is 14. The summed E-state index contributed by atoms with van der Waals surface area (Å²) in [7, 11) is 6.25. The fourth-order valence-electron chi connectivity index (χ4n) is 9.53. The molecule has 8 aromatic carbocycles. The van der Waals surface area contributed by atoms with E-state index >= 15 is 0 Å². The van der Waals surface area contributed by atoms with Gasteiger partial charge in [0.2, 0.25) is 22.8 Å². The molecule has 12 aromatic rings. The molecule has 0 fully saturated rings. The molecule has 4 heterocycles. The molecular formula is C46H26BN3O13. The van der Waals surface area contributed by atoms with Crippen LogP contribution in [0.15, 0.2) is 100 Å². The van der Waals surface area contributed by atoms with E-state index in [1.54, 1.807) is 18.2 Å². The van der Waals surface area contributed by atoms with Crippen LogP contribution in [0.2, 0.25) is 0 Å². The first kappa shape index (κ1) is 35.8. The van der Waals surface area contributed by atoms with Gasteiger partial charge in [-0.05, 0) is 35.8 Å². The third-order valence-corrected chi connectivity index (χ3v) is 12.1. The number of hydrogen-bond acceptors (Lipinski definition) is 13. The zero-order valence-electron chi connectivity index (χ0n) is 31.8. The zero-order valence-corrected chi connectivity index (χ0v) is 31.8. The van der Waals surface area contributed by atoms with Gasteiger partial charge in [0.15, 0.2) is 46.0 Å². The van der Waals surface area contributed by atoms with Crippen LogP contribution in [-0.4, -0.2) is 77.6 Å². The lowest BCUT2D eigenvalue weighted by atomic mass is 9.86. The molecule has 0 spiro atoms. The van der Waals surface area contributed by atoms with Crippen LogP contribution in [0.25, 0.3) is 104 Å².